The summed E-state index contributed by atoms with van der Waals surface area (Å²) in [6, 6.07) is 4.32. The summed E-state index contributed by atoms with van der Waals surface area (Å²) in [4.78, 5) is 20.5. The second kappa shape index (κ2) is 17.8. The molecule has 0 spiro atoms. The highest BCUT2D eigenvalue weighted by Gasteiger charge is 2.45. The molecular weight excluding hydrogens is 723 g/mol. The number of methoxy groups -OCH3 is 2. The Hall–Kier alpha value is -1.15. The summed E-state index contributed by atoms with van der Waals surface area (Å²) in [5.41, 5.74) is 0.786. The van der Waals surface area contributed by atoms with Crippen molar-refractivity contribution in [3.05, 3.63) is 21.5 Å². The third-order valence-electron chi connectivity index (χ3n) is 8.01. The minimum atomic E-state index is -1.23. The van der Waals surface area contributed by atoms with Crippen LogP contribution in [0.4, 0.5) is 5.82 Å². The van der Waals surface area contributed by atoms with Crippen molar-refractivity contribution in [2.75, 3.05) is 72.2 Å². The van der Waals surface area contributed by atoms with Crippen LogP contribution in [-0.2, 0) is 33.2 Å². The van der Waals surface area contributed by atoms with Gasteiger partial charge in [0, 0.05) is 61.3 Å². The van der Waals surface area contributed by atoms with Crippen LogP contribution in [0, 0.1) is 3.57 Å². The summed E-state index contributed by atoms with van der Waals surface area (Å²) in [6.07, 6.45) is 4.39. The first kappa shape index (κ1) is 38.3. The van der Waals surface area contributed by atoms with Crippen molar-refractivity contribution >= 4 is 56.2 Å². The van der Waals surface area contributed by atoms with Crippen molar-refractivity contribution in [1.29, 1.82) is 0 Å². The first-order chi connectivity index (χ1) is 21.3. The molecule has 256 valence electrons. The zero-order valence-corrected chi connectivity index (χ0v) is 32.8. The molecule has 0 N–H and O–H groups in total. The van der Waals surface area contributed by atoms with E-state index in [9.17, 15) is 4.79 Å². The van der Waals surface area contributed by atoms with Gasteiger partial charge in [-0.25, -0.2) is 9.78 Å². The number of nitrogens with zero attached hydrogens (tertiary/aromatic N) is 4. The van der Waals surface area contributed by atoms with Crippen LogP contribution in [-0.4, -0.2) is 110 Å². The number of esters is 1. The van der Waals surface area contributed by atoms with Gasteiger partial charge < -0.3 is 33.3 Å². The minimum absolute atomic E-state index is 0.146. The summed E-state index contributed by atoms with van der Waals surface area (Å²) in [6.45, 7) is 17.7. The zero-order valence-electron chi connectivity index (χ0n) is 28.7. The molecule has 3 rings (SSSR count). The Labute approximate surface area is 285 Å². The van der Waals surface area contributed by atoms with E-state index < -0.39 is 21.7 Å². The van der Waals surface area contributed by atoms with Crippen molar-refractivity contribution < 1.29 is 33.2 Å². The van der Waals surface area contributed by atoms with Crippen molar-refractivity contribution in [1.82, 2.24) is 14.6 Å². The summed E-state index contributed by atoms with van der Waals surface area (Å²) < 4.78 is 37.4. The molecule has 0 amide bonds. The van der Waals surface area contributed by atoms with Gasteiger partial charge in [-0.15, -0.1) is 0 Å². The molecule has 14 heteroatoms. The maximum Gasteiger partial charge on any atom is 0.338 e. The Bertz CT molecular complexity index is 1180. The van der Waals surface area contributed by atoms with E-state index in [1.54, 1.807) is 14.2 Å². The number of rotatable bonds is 20. The summed E-state index contributed by atoms with van der Waals surface area (Å²) in [7, 11) is 0.755. The molecule has 1 aliphatic rings. The highest BCUT2D eigenvalue weighted by atomic mass is 127. The number of aromatic nitrogens is 3. The largest absolute Gasteiger partial charge is 0.461 e. The smallest absolute Gasteiger partial charge is 0.338 e. The van der Waals surface area contributed by atoms with Crippen molar-refractivity contribution in [2.24, 2.45) is 0 Å². The van der Waals surface area contributed by atoms with Crippen molar-refractivity contribution in [3.63, 3.8) is 0 Å². The van der Waals surface area contributed by atoms with E-state index in [-0.39, 0.29) is 18.5 Å². The second-order valence-corrected chi connectivity index (χ2v) is 26.6. The third-order valence-corrected chi connectivity index (χ3v) is 12.2. The normalized spacial score (nSPS) is 19.3. The Morgan fingerprint density at radius 2 is 1.51 bits per heavy atom. The van der Waals surface area contributed by atoms with Crippen molar-refractivity contribution in [2.45, 2.75) is 88.6 Å². The average molecular weight is 779 g/mol. The van der Waals surface area contributed by atoms with Crippen LogP contribution < -0.4 is 4.90 Å². The predicted octanol–water partition coefficient (Wildman–Crippen LogP) is 6.01. The lowest BCUT2D eigenvalue weighted by Crippen LogP contribution is -2.46. The van der Waals surface area contributed by atoms with Crippen LogP contribution in [0.25, 0.3) is 5.65 Å². The molecule has 0 aliphatic heterocycles. The molecule has 1 saturated carbocycles. The highest BCUT2D eigenvalue weighted by Crippen LogP contribution is 2.41. The maximum absolute atomic E-state index is 13.2. The molecule has 2 heterocycles. The van der Waals surface area contributed by atoms with Crippen LogP contribution in [0.5, 0.6) is 0 Å². The van der Waals surface area contributed by atoms with E-state index >= 15 is 0 Å². The molecule has 0 saturated heterocycles. The molecule has 11 nitrogen and oxygen atoms in total. The number of carbonyl (C=O) groups excluding carboxylic acids is 1. The predicted molar refractivity (Wildman–Crippen MR) is 191 cm³/mol. The minimum Gasteiger partial charge on any atom is -0.461 e. The quantitative estimate of drug-likeness (QED) is 0.0522. The van der Waals surface area contributed by atoms with Gasteiger partial charge in [0.05, 0.1) is 29.6 Å². The number of hydrogen-bond donors (Lipinski definition) is 0. The van der Waals surface area contributed by atoms with E-state index in [1.807, 2.05) is 10.7 Å². The molecule has 0 radical (unpaired) electrons. The average Bonchev–Trinajstić information content (AvgIpc) is 3.35. The van der Waals surface area contributed by atoms with Gasteiger partial charge in [-0.3, -0.25) is 0 Å². The monoisotopic (exact) mass is 778 g/mol. The number of carbonyl (C=O) groups is 1. The summed E-state index contributed by atoms with van der Waals surface area (Å²) in [5, 5.41) is 4.69. The van der Waals surface area contributed by atoms with Crippen LogP contribution in [0.15, 0.2) is 12.3 Å². The maximum atomic E-state index is 13.2. The summed E-state index contributed by atoms with van der Waals surface area (Å²) >= 11 is 2.30. The fourth-order valence-corrected chi connectivity index (χ4v) is 7.09. The molecule has 1 fully saturated rings. The van der Waals surface area contributed by atoms with E-state index in [2.05, 4.69) is 77.9 Å². The van der Waals surface area contributed by atoms with Gasteiger partial charge >= 0.3 is 5.97 Å². The molecule has 0 unspecified atom stereocenters. The Morgan fingerprint density at radius 1 is 0.933 bits per heavy atom. The molecule has 2 aromatic heterocycles. The van der Waals surface area contributed by atoms with Crippen LogP contribution in [0.2, 0.25) is 51.4 Å². The number of ether oxygens (including phenoxy) is 6. The fourth-order valence-electron chi connectivity index (χ4n) is 5.11. The van der Waals surface area contributed by atoms with E-state index in [0.717, 1.165) is 45.7 Å². The molecule has 0 bridgehead atoms. The third kappa shape index (κ3) is 12.1. The molecule has 0 atom stereocenters. The zero-order chi connectivity index (χ0) is 33.1. The van der Waals surface area contributed by atoms with Gasteiger partial charge in [-0.1, -0.05) is 39.3 Å². The van der Waals surface area contributed by atoms with Crippen LogP contribution >= 0.6 is 22.6 Å². The van der Waals surface area contributed by atoms with E-state index in [0.29, 0.717) is 59.3 Å². The Kier molecular flexibility index (Phi) is 15.2. The molecule has 1 aliphatic carbocycles. The molecular formula is C31H55IN4O7Si2. The van der Waals surface area contributed by atoms with Gasteiger partial charge in [0.2, 0.25) is 0 Å². The standard InChI is InChI=1S/C31H55IN4O7Si2/c1-38-13-15-42-30(37)31(43-16-14-39-2)11-9-25(10-12-31)27-21-28(36-29(34-27)26(32)22-33-36)35(23-40-17-19-44(3,4)5)24-41-18-20-45(6,7)8/h21-22,25H,9-20,23-24H2,1-8H3/t25-,31+. The van der Waals surface area contributed by atoms with E-state index in [1.165, 1.54) is 0 Å². The number of fused-ring (bicyclic) bond motifs is 1. The van der Waals surface area contributed by atoms with E-state index in [4.69, 9.17) is 33.4 Å². The lowest BCUT2D eigenvalue weighted by molar-refractivity contribution is -0.180. The molecule has 2 aromatic rings. The van der Waals surface area contributed by atoms with Gasteiger partial charge in [0.15, 0.2) is 11.2 Å². The summed E-state index contributed by atoms with van der Waals surface area (Å²) in [5.74, 6) is 0.708. The van der Waals surface area contributed by atoms with Gasteiger partial charge in [0.25, 0.3) is 0 Å². The number of anilines is 1. The Morgan fingerprint density at radius 3 is 2.07 bits per heavy atom. The molecule has 0 aromatic carbocycles. The number of halogens is 1. The van der Waals surface area contributed by atoms with Gasteiger partial charge in [0.1, 0.15) is 25.9 Å². The first-order valence-corrected chi connectivity index (χ1v) is 24.5. The topological polar surface area (TPSA) is 106 Å². The second-order valence-electron chi connectivity index (χ2n) is 14.2. The van der Waals surface area contributed by atoms with Gasteiger partial charge in [-0.2, -0.15) is 9.61 Å². The molecule has 45 heavy (non-hydrogen) atoms. The van der Waals surface area contributed by atoms with Gasteiger partial charge in [-0.05, 0) is 60.4 Å². The van der Waals surface area contributed by atoms with Crippen LogP contribution in [0.3, 0.4) is 0 Å². The van der Waals surface area contributed by atoms with Crippen molar-refractivity contribution in [3.8, 4) is 0 Å². The Balaban J connectivity index is 1.85. The fraction of sp³-hybridized carbons (Fsp3) is 0.774. The lowest BCUT2D eigenvalue weighted by atomic mass is 9.77. The first-order valence-electron chi connectivity index (χ1n) is 16.0. The number of hydrogen-bond acceptors (Lipinski definition) is 10. The van der Waals surface area contributed by atoms with Crippen LogP contribution in [0.1, 0.15) is 37.3 Å². The highest BCUT2D eigenvalue weighted by molar-refractivity contribution is 14.1. The SMILES string of the molecule is COCCOC(=O)[C@]1(OCCOC)CC[C@@H](c2cc(N(COCC[Si](C)(C)C)COCC[Si](C)(C)C)n3ncc(I)c3n2)CC1. The lowest BCUT2D eigenvalue weighted by Gasteiger charge is -2.38.